The summed E-state index contributed by atoms with van der Waals surface area (Å²) in [5, 5.41) is 14.0. The number of furan rings is 1. The Bertz CT molecular complexity index is 1040. The number of aryl methyl sites for hydroxylation is 2. The molecule has 144 valence electrons. The number of aliphatic hydroxyl groups excluding tert-OH is 1. The highest BCUT2D eigenvalue weighted by molar-refractivity contribution is 5.96. The summed E-state index contributed by atoms with van der Waals surface area (Å²) in [6, 6.07) is 3.32. The van der Waals surface area contributed by atoms with E-state index >= 15 is 0 Å². The SMILES string of the molecule is Cc1coc2cc3oc(=O)c(CC(=O)N[C@H](CO)CC(C)C)c(C)c3cc12. The summed E-state index contributed by atoms with van der Waals surface area (Å²) in [7, 11) is 0. The zero-order valence-corrected chi connectivity index (χ0v) is 16.1. The minimum absolute atomic E-state index is 0.0822. The van der Waals surface area contributed by atoms with Gasteiger partial charge in [-0.25, -0.2) is 4.79 Å². The monoisotopic (exact) mass is 371 g/mol. The van der Waals surface area contributed by atoms with E-state index in [2.05, 4.69) is 5.32 Å². The first-order valence-corrected chi connectivity index (χ1v) is 9.14. The molecule has 0 saturated carbocycles. The number of nitrogens with one attached hydrogen (secondary N) is 1. The fourth-order valence-corrected chi connectivity index (χ4v) is 3.43. The smallest absolute Gasteiger partial charge is 0.340 e. The summed E-state index contributed by atoms with van der Waals surface area (Å²) < 4.78 is 10.9. The van der Waals surface area contributed by atoms with Crippen LogP contribution < -0.4 is 10.9 Å². The van der Waals surface area contributed by atoms with Gasteiger partial charge in [0.15, 0.2) is 0 Å². The molecule has 1 aromatic carbocycles. The van der Waals surface area contributed by atoms with Gasteiger partial charge in [0.05, 0.1) is 30.9 Å². The Labute approximate surface area is 157 Å². The van der Waals surface area contributed by atoms with E-state index in [1.54, 1.807) is 12.3 Å². The number of benzene rings is 1. The van der Waals surface area contributed by atoms with Gasteiger partial charge in [-0.2, -0.15) is 0 Å². The number of carbonyl (C=O) groups is 1. The van der Waals surface area contributed by atoms with Crippen LogP contribution in [0.2, 0.25) is 0 Å². The summed E-state index contributed by atoms with van der Waals surface area (Å²) in [4.78, 5) is 24.8. The molecule has 0 radical (unpaired) electrons. The van der Waals surface area contributed by atoms with E-state index in [1.165, 1.54) is 0 Å². The normalized spacial score (nSPS) is 12.8. The van der Waals surface area contributed by atoms with Gasteiger partial charge in [0.2, 0.25) is 5.91 Å². The fourth-order valence-electron chi connectivity index (χ4n) is 3.43. The Hall–Kier alpha value is -2.60. The van der Waals surface area contributed by atoms with Crippen LogP contribution in [0.4, 0.5) is 0 Å². The molecule has 0 aliphatic rings. The fraction of sp³-hybridized carbons (Fsp3) is 0.429. The number of fused-ring (bicyclic) bond motifs is 2. The number of rotatable bonds is 6. The second kappa shape index (κ2) is 7.56. The average Bonchev–Trinajstić information content (AvgIpc) is 2.96. The van der Waals surface area contributed by atoms with Gasteiger partial charge in [-0.3, -0.25) is 4.79 Å². The molecule has 27 heavy (non-hydrogen) atoms. The van der Waals surface area contributed by atoms with Crippen molar-refractivity contribution in [3.63, 3.8) is 0 Å². The minimum Gasteiger partial charge on any atom is -0.464 e. The van der Waals surface area contributed by atoms with Crippen LogP contribution >= 0.6 is 0 Å². The van der Waals surface area contributed by atoms with E-state index in [0.717, 1.165) is 21.9 Å². The van der Waals surface area contributed by atoms with Gasteiger partial charge < -0.3 is 19.3 Å². The van der Waals surface area contributed by atoms with E-state index in [4.69, 9.17) is 8.83 Å². The number of hydrogen-bond donors (Lipinski definition) is 2. The molecule has 0 aliphatic carbocycles. The molecule has 0 unspecified atom stereocenters. The molecule has 2 aromatic heterocycles. The molecule has 0 spiro atoms. The highest BCUT2D eigenvalue weighted by Gasteiger charge is 2.19. The lowest BCUT2D eigenvalue weighted by molar-refractivity contribution is -0.121. The van der Waals surface area contributed by atoms with Crippen molar-refractivity contribution in [3.8, 4) is 0 Å². The second-order valence-electron chi connectivity index (χ2n) is 7.51. The van der Waals surface area contributed by atoms with Gasteiger partial charge in [0, 0.05) is 16.8 Å². The van der Waals surface area contributed by atoms with E-state index in [0.29, 0.717) is 29.1 Å². The summed E-state index contributed by atoms with van der Waals surface area (Å²) in [5.41, 5.74) is 2.63. The second-order valence-corrected chi connectivity index (χ2v) is 7.51. The molecule has 2 N–H and O–H groups in total. The lowest BCUT2D eigenvalue weighted by atomic mass is 10.0. The van der Waals surface area contributed by atoms with Gasteiger partial charge in [-0.05, 0) is 43.4 Å². The number of hydrogen-bond acceptors (Lipinski definition) is 5. The Balaban J connectivity index is 1.94. The Kier molecular flexibility index (Phi) is 5.37. The van der Waals surface area contributed by atoms with E-state index in [1.807, 2.05) is 33.8 Å². The number of amides is 1. The quantitative estimate of drug-likeness (QED) is 0.649. The highest BCUT2D eigenvalue weighted by Crippen LogP contribution is 2.28. The molecule has 0 bridgehead atoms. The third-order valence-corrected chi connectivity index (χ3v) is 4.85. The van der Waals surface area contributed by atoms with Gasteiger partial charge in [-0.15, -0.1) is 0 Å². The van der Waals surface area contributed by atoms with Crippen molar-refractivity contribution in [2.75, 3.05) is 6.61 Å². The van der Waals surface area contributed by atoms with E-state index in [-0.39, 0.29) is 25.0 Å². The maximum Gasteiger partial charge on any atom is 0.340 e. The van der Waals surface area contributed by atoms with Crippen molar-refractivity contribution < 1.29 is 18.7 Å². The maximum absolute atomic E-state index is 12.4. The molecule has 1 atom stereocenters. The van der Waals surface area contributed by atoms with Crippen molar-refractivity contribution in [3.05, 3.63) is 45.5 Å². The average molecular weight is 371 g/mol. The first kappa shape index (κ1) is 19.2. The zero-order valence-electron chi connectivity index (χ0n) is 16.1. The molecule has 0 saturated heterocycles. The van der Waals surface area contributed by atoms with Gasteiger partial charge >= 0.3 is 5.63 Å². The van der Waals surface area contributed by atoms with E-state index in [9.17, 15) is 14.7 Å². The van der Waals surface area contributed by atoms with Crippen molar-refractivity contribution >= 4 is 27.8 Å². The van der Waals surface area contributed by atoms with Gasteiger partial charge in [0.25, 0.3) is 0 Å². The summed E-state index contributed by atoms with van der Waals surface area (Å²) in [5.74, 6) is 0.0422. The third-order valence-electron chi connectivity index (χ3n) is 4.85. The standard InChI is InChI=1S/C21H25NO5/c1-11(2)5-14(9-23)22-20(24)7-17-13(4)16-6-15-12(3)10-26-18(15)8-19(16)27-21(17)25/h6,8,10-11,14,23H,5,7,9H2,1-4H3,(H,22,24)/t14-/m0/s1. The van der Waals surface area contributed by atoms with Crippen molar-refractivity contribution in [1.29, 1.82) is 0 Å². The third kappa shape index (κ3) is 3.90. The topological polar surface area (TPSA) is 92.7 Å². The van der Waals surface area contributed by atoms with Crippen LogP contribution in [0.5, 0.6) is 0 Å². The molecule has 3 aromatic rings. The molecule has 3 rings (SSSR count). The van der Waals surface area contributed by atoms with Gasteiger partial charge in [-0.1, -0.05) is 13.8 Å². The van der Waals surface area contributed by atoms with Crippen LogP contribution in [0.15, 0.2) is 32.0 Å². The molecular weight excluding hydrogens is 346 g/mol. The van der Waals surface area contributed by atoms with Crippen LogP contribution in [0.3, 0.4) is 0 Å². The first-order valence-electron chi connectivity index (χ1n) is 9.14. The van der Waals surface area contributed by atoms with Crippen LogP contribution in [0, 0.1) is 19.8 Å². The Morgan fingerprint density at radius 2 is 1.93 bits per heavy atom. The molecule has 0 fully saturated rings. The van der Waals surface area contributed by atoms with Crippen LogP contribution in [-0.2, 0) is 11.2 Å². The highest BCUT2D eigenvalue weighted by atomic mass is 16.4. The van der Waals surface area contributed by atoms with E-state index < -0.39 is 5.63 Å². The van der Waals surface area contributed by atoms with Crippen molar-refractivity contribution in [1.82, 2.24) is 5.32 Å². The lowest BCUT2D eigenvalue weighted by Crippen LogP contribution is -2.40. The predicted molar refractivity (Wildman–Crippen MR) is 104 cm³/mol. The predicted octanol–water partition coefficient (Wildman–Crippen LogP) is 3.22. The molecule has 1 amide bonds. The Morgan fingerprint density at radius 1 is 1.19 bits per heavy atom. The number of carbonyl (C=O) groups excluding carboxylic acids is 1. The molecule has 6 nitrogen and oxygen atoms in total. The van der Waals surface area contributed by atoms with Crippen LogP contribution in [-0.4, -0.2) is 23.7 Å². The van der Waals surface area contributed by atoms with Crippen molar-refractivity contribution in [2.24, 2.45) is 5.92 Å². The van der Waals surface area contributed by atoms with Gasteiger partial charge in [0.1, 0.15) is 11.2 Å². The largest absolute Gasteiger partial charge is 0.464 e. The number of aliphatic hydroxyl groups is 1. The summed E-state index contributed by atoms with van der Waals surface area (Å²) in [6.45, 7) is 7.68. The molecule has 6 heteroatoms. The van der Waals surface area contributed by atoms with Crippen LogP contribution in [0.1, 0.15) is 37.0 Å². The molecule has 2 heterocycles. The zero-order chi connectivity index (χ0) is 19.7. The lowest BCUT2D eigenvalue weighted by Gasteiger charge is -2.18. The minimum atomic E-state index is -0.526. The first-order chi connectivity index (χ1) is 12.8. The summed E-state index contributed by atoms with van der Waals surface area (Å²) in [6.07, 6.45) is 2.25. The Morgan fingerprint density at radius 3 is 2.59 bits per heavy atom. The summed E-state index contributed by atoms with van der Waals surface area (Å²) >= 11 is 0. The molecule has 0 aliphatic heterocycles. The van der Waals surface area contributed by atoms with Crippen LogP contribution in [0.25, 0.3) is 21.9 Å². The maximum atomic E-state index is 12.4. The van der Waals surface area contributed by atoms with Crippen molar-refractivity contribution in [2.45, 2.75) is 46.6 Å². The molecular formula is C21H25NO5.